The Morgan fingerprint density at radius 2 is 1.71 bits per heavy atom. The average molecular weight is 522 g/mol. The summed E-state index contributed by atoms with van der Waals surface area (Å²) in [5.74, 6) is -0.921. The maximum Gasteiger partial charge on any atom is 0.246 e. The van der Waals surface area contributed by atoms with Crippen LogP contribution < -0.4 is 15.4 Å². The topological polar surface area (TPSA) is 97.0 Å². The minimum atomic E-state index is -1.11. The lowest BCUT2D eigenvalue weighted by atomic mass is 9.74. The molecule has 204 valence electrons. The van der Waals surface area contributed by atoms with Crippen LogP contribution in [0.25, 0.3) is 0 Å². The van der Waals surface area contributed by atoms with Gasteiger partial charge in [-0.3, -0.25) is 14.4 Å². The zero-order chi connectivity index (χ0) is 26.4. The third-order valence-corrected chi connectivity index (χ3v) is 9.60. The number of carbonyl (C=O) groups is 3. The molecule has 3 heterocycles. The van der Waals surface area contributed by atoms with Gasteiger partial charge in [0.25, 0.3) is 0 Å². The summed E-state index contributed by atoms with van der Waals surface area (Å²) in [7, 11) is 1.59. The lowest BCUT2D eigenvalue weighted by molar-refractivity contribution is -0.146. The van der Waals surface area contributed by atoms with E-state index in [1.54, 1.807) is 31.4 Å². The zero-order valence-corrected chi connectivity index (χ0v) is 22.4. The molecule has 0 aromatic heterocycles. The number of carbonyl (C=O) groups excluding carboxylic acids is 3. The molecule has 2 bridgehead atoms. The number of nitrogens with zero attached hydrogens (tertiary/aromatic N) is 1. The van der Waals surface area contributed by atoms with Crippen molar-refractivity contribution in [2.24, 2.45) is 17.8 Å². The van der Waals surface area contributed by atoms with Crippen molar-refractivity contribution < 1.29 is 23.9 Å². The van der Waals surface area contributed by atoms with E-state index in [0.717, 1.165) is 51.4 Å². The van der Waals surface area contributed by atoms with Crippen molar-refractivity contribution >= 4 is 23.4 Å². The summed E-state index contributed by atoms with van der Waals surface area (Å²) in [6, 6.07) is 6.48. The smallest absolute Gasteiger partial charge is 0.246 e. The number of fused-ring (bicyclic) bond motifs is 1. The Morgan fingerprint density at radius 3 is 2.42 bits per heavy atom. The molecule has 2 N–H and O–H groups in total. The third kappa shape index (κ3) is 4.12. The van der Waals surface area contributed by atoms with Crippen molar-refractivity contribution in [2.75, 3.05) is 12.4 Å². The minimum absolute atomic E-state index is 0.0281. The van der Waals surface area contributed by atoms with Gasteiger partial charge in [0.2, 0.25) is 17.7 Å². The molecule has 8 heteroatoms. The fourth-order valence-corrected chi connectivity index (χ4v) is 7.70. The van der Waals surface area contributed by atoms with E-state index in [9.17, 15) is 14.4 Å². The first kappa shape index (κ1) is 25.4. The molecular formula is C30H39N3O5. The number of anilines is 1. The molecule has 7 atom stereocenters. The van der Waals surface area contributed by atoms with Crippen LogP contribution >= 0.6 is 0 Å². The van der Waals surface area contributed by atoms with Crippen molar-refractivity contribution in [1.82, 2.24) is 10.2 Å². The molecule has 2 aliphatic carbocycles. The highest BCUT2D eigenvalue weighted by Gasteiger charge is 2.73. The largest absolute Gasteiger partial charge is 0.497 e. The van der Waals surface area contributed by atoms with Crippen molar-refractivity contribution in [2.45, 2.75) is 94.5 Å². The second-order valence-electron chi connectivity index (χ2n) is 11.8. The van der Waals surface area contributed by atoms with E-state index in [1.165, 1.54) is 6.42 Å². The van der Waals surface area contributed by atoms with Gasteiger partial charge < -0.3 is 25.0 Å². The van der Waals surface area contributed by atoms with Crippen molar-refractivity contribution in [1.29, 1.82) is 0 Å². The quantitative estimate of drug-likeness (QED) is 0.555. The van der Waals surface area contributed by atoms with Crippen LogP contribution in [0, 0.1) is 17.8 Å². The SMILES string of the molecule is COc1ccc(NC(=O)[C@@H]2[C@@H]3C=C[C@]4(O3)[C@@H]2C(=O)N([C@H]2CCCC[C@H]2C)[C@H]4C(=O)NC2CCCCC2)cc1. The maximum absolute atomic E-state index is 14.3. The van der Waals surface area contributed by atoms with Gasteiger partial charge in [-0.25, -0.2) is 0 Å². The molecule has 6 rings (SSSR count). The number of likely N-dealkylation sites (tertiary alicyclic amines) is 1. The normalized spacial score (nSPS) is 36.3. The predicted molar refractivity (Wildman–Crippen MR) is 142 cm³/mol. The Hall–Kier alpha value is -2.87. The van der Waals surface area contributed by atoms with Crippen LogP contribution in [-0.2, 0) is 19.1 Å². The molecule has 1 aromatic carbocycles. The van der Waals surface area contributed by atoms with Gasteiger partial charge in [-0.1, -0.05) is 51.2 Å². The number of hydrogen-bond acceptors (Lipinski definition) is 5. The molecule has 1 aromatic rings. The Morgan fingerprint density at radius 1 is 1.00 bits per heavy atom. The van der Waals surface area contributed by atoms with Crippen LogP contribution in [0.3, 0.4) is 0 Å². The summed E-state index contributed by atoms with van der Waals surface area (Å²) in [5, 5.41) is 6.27. The van der Waals surface area contributed by atoms with E-state index in [-0.39, 0.29) is 29.8 Å². The van der Waals surface area contributed by atoms with Gasteiger partial charge in [-0.2, -0.15) is 0 Å². The lowest BCUT2D eigenvalue weighted by Gasteiger charge is -2.42. The molecule has 38 heavy (non-hydrogen) atoms. The first-order valence-electron chi connectivity index (χ1n) is 14.4. The van der Waals surface area contributed by atoms with Gasteiger partial charge in [0, 0.05) is 17.8 Å². The van der Waals surface area contributed by atoms with Crippen LogP contribution in [0.15, 0.2) is 36.4 Å². The number of hydrogen-bond donors (Lipinski definition) is 2. The fraction of sp³-hybridized carbons (Fsp3) is 0.633. The Balaban J connectivity index is 1.31. The predicted octanol–water partition coefficient (Wildman–Crippen LogP) is 3.81. The van der Waals surface area contributed by atoms with Gasteiger partial charge in [-0.15, -0.1) is 0 Å². The number of methoxy groups -OCH3 is 1. The van der Waals surface area contributed by atoms with Crippen molar-refractivity contribution in [3.8, 4) is 5.75 Å². The highest BCUT2D eigenvalue weighted by Crippen LogP contribution is 2.56. The second kappa shape index (κ2) is 10.0. The average Bonchev–Trinajstić information content (AvgIpc) is 3.57. The first-order chi connectivity index (χ1) is 18.4. The molecule has 3 amide bonds. The van der Waals surface area contributed by atoms with Gasteiger partial charge in [-0.05, 0) is 55.9 Å². The standard InChI is InChI=1S/C30H39N3O5/c1-18-8-6-7-11-22(18)33-26(28(35)32-19-9-4-3-5-10-19)30-17-16-23(38-30)24(25(30)29(33)36)27(34)31-20-12-14-21(37-2)15-13-20/h12-19,22-26H,3-11H2,1-2H3,(H,31,34)(H,32,35)/t18-,22+,23+,24-,25+,26+,30+/m1/s1. The summed E-state index contributed by atoms with van der Waals surface area (Å²) in [4.78, 5) is 43.8. The van der Waals surface area contributed by atoms with E-state index in [0.29, 0.717) is 17.4 Å². The van der Waals surface area contributed by atoms with E-state index in [1.807, 2.05) is 17.1 Å². The highest BCUT2D eigenvalue weighted by atomic mass is 16.5. The molecule has 0 radical (unpaired) electrons. The number of amides is 3. The molecular weight excluding hydrogens is 482 g/mol. The molecule has 0 unspecified atom stereocenters. The van der Waals surface area contributed by atoms with Crippen LogP contribution in [0.1, 0.15) is 64.7 Å². The fourth-order valence-electron chi connectivity index (χ4n) is 7.70. The monoisotopic (exact) mass is 521 g/mol. The summed E-state index contributed by atoms with van der Waals surface area (Å²) < 4.78 is 11.7. The molecule has 3 aliphatic heterocycles. The van der Waals surface area contributed by atoms with Crippen LogP contribution in [0.2, 0.25) is 0 Å². The van der Waals surface area contributed by atoms with Gasteiger partial charge in [0.15, 0.2) is 0 Å². The van der Waals surface area contributed by atoms with E-state index in [4.69, 9.17) is 9.47 Å². The van der Waals surface area contributed by atoms with Gasteiger partial charge in [0.1, 0.15) is 17.4 Å². The van der Waals surface area contributed by atoms with E-state index >= 15 is 0 Å². The summed E-state index contributed by atoms with van der Waals surface area (Å²) >= 11 is 0. The molecule has 4 fully saturated rings. The highest BCUT2D eigenvalue weighted by molar-refractivity contribution is 6.03. The molecule has 2 saturated heterocycles. The molecule has 2 saturated carbocycles. The summed E-state index contributed by atoms with van der Waals surface area (Å²) in [6.07, 6.45) is 12.7. The van der Waals surface area contributed by atoms with Crippen LogP contribution in [0.5, 0.6) is 5.75 Å². The first-order valence-corrected chi connectivity index (χ1v) is 14.4. The van der Waals surface area contributed by atoms with Gasteiger partial charge >= 0.3 is 0 Å². The van der Waals surface area contributed by atoms with Crippen molar-refractivity contribution in [3.05, 3.63) is 36.4 Å². The minimum Gasteiger partial charge on any atom is -0.497 e. The van der Waals surface area contributed by atoms with Crippen molar-refractivity contribution in [3.63, 3.8) is 0 Å². The van der Waals surface area contributed by atoms with E-state index in [2.05, 4.69) is 17.6 Å². The molecule has 5 aliphatic rings. The zero-order valence-electron chi connectivity index (χ0n) is 22.4. The number of nitrogens with one attached hydrogen (secondary N) is 2. The Labute approximate surface area is 224 Å². The third-order valence-electron chi connectivity index (χ3n) is 9.60. The number of benzene rings is 1. The lowest BCUT2D eigenvalue weighted by Crippen LogP contribution is -2.59. The van der Waals surface area contributed by atoms with E-state index < -0.39 is 29.6 Å². The Kier molecular flexibility index (Phi) is 6.70. The molecule has 8 nitrogen and oxygen atoms in total. The number of ether oxygens (including phenoxy) is 2. The number of rotatable bonds is 6. The second-order valence-corrected chi connectivity index (χ2v) is 11.8. The van der Waals surface area contributed by atoms with Gasteiger partial charge in [0.05, 0.1) is 25.0 Å². The molecule has 1 spiro atoms. The maximum atomic E-state index is 14.3. The van der Waals surface area contributed by atoms with Crippen LogP contribution in [-0.4, -0.2) is 59.6 Å². The Bertz CT molecular complexity index is 1110. The van der Waals surface area contributed by atoms with Crippen LogP contribution in [0.4, 0.5) is 5.69 Å². The summed E-state index contributed by atoms with van der Waals surface area (Å²) in [6.45, 7) is 2.18. The summed E-state index contributed by atoms with van der Waals surface area (Å²) in [5.41, 5.74) is -0.481.